The highest BCUT2D eigenvalue weighted by molar-refractivity contribution is 9.10. The summed E-state index contributed by atoms with van der Waals surface area (Å²) in [4.78, 5) is 32.4. The third kappa shape index (κ3) is 4.75. The van der Waals surface area contributed by atoms with Gasteiger partial charge < -0.3 is 15.8 Å². The van der Waals surface area contributed by atoms with Crippen LogP contribution in [0.1, 0.15) is 65.7 Å². The van der Waals surface area contributed by atoms with Crippen molar-refractivity contribution in [1.29, 1.82) is 0 Å². The minimum Gasteiger partial charge on any atom is -0.477 e. The molecule has 1 aliphatic rings. The van der Waals surface area contributed by atoms with Crippen LogP contribution in [0.25, 0.3) is 5.52 Å². The molecule has 0 atom stereocenters. The van der Waals surface area contributed by atoms with E-state index in [1.54, 1.807) is 24.3 Å². The Hall–Kier alpha value is -3.08. The molecule has 0 saturated heterocycles. The van der Waals surface area contributed by atoms with Crippen LogP contribution in [0.5, 0.6) is 5.88 Å². The largest absolute Gasteiger partial charge is 0.477 e. The van der Waals surface area contributed by atoms with Crippen LogP contribution in [-0.4, -0.2) is 38.8 Å². The number of imidazole rings is 1. The first-order chi connectivity index (χ1) is 16.2. The minimum absolute atomic E-state index is 0.0192. The first-order valence-corrected chi connectivity index (χ1v) is 11.7. The summed E-state index contributed by atoms with van der Waals surface area (Å²) in [6, 6.07) is 6.36. The monoisotopic (exact) mass is 535 g/mol. The summed E-state index contributed by atoms with van der Waals surface area (Å²) in [5.41, 5.74) is 5.86. The molecule has 1 aliphatic carbocycles. The zero-order chi connectivity index (χ0) is 24.5. The van der Waals surface area contributed by atoms with Crippen LogP contribution < -0.4 is 15.8 Å². The van der Waals surface area contributed by atoms with Crippen LogP contribution in [0.15, 0.2) is 41.1 Å². The summed E-state index contributed by atoms with van der Waals surface area (Å²) in [7, 11) is 0. The Morgan fingerprint density at radius 2 is 2.12 bits per heavy atom. The van der Waals surface area contributed by atoms with Crippen molar-refractivity contribution in [2.45, 2.75) is 45.1 Å². The Morgan fingerprint density at radius 3 is 2.79 bits per heavy atom. The molecule has 2 amide bonds. The number of alkyl halides is 2. The number of carbonyl (C=O) groups excluding carboxylic acids is 2. The zero-order valence-corrected chi connectivity index (χ0v) is 20.0. The second-order valence-electron chi connectivity index (χ2n) is 8.47. The Morgan fingerprint density at radius 1 is 1.35 bits per heavy atom. The van der Waals surface area contributed by atoms with Gasteiger partial charge in [-0.2, -0.15) is 0 Å². The Balaban J connectivity index is 1.37. The second-order valence-corrected chi connectivity index (χ2v) is 9.39. The molecule has 3 aromatic rings. The van der Waals surface area contributed by atoms with Crippen LogP contribution in [0.2, 0.25) is 0 Å². The van der Waals surface area contributed by atoms with Crippen LogP contribution in [0.3, 0.4) is 0 Å². The molecule has 8 nitrogen and oxygen atoms in total. The number of nitrogens with zero attached hydrogens (tertiary/aromatic N) is 3. The van der Waals surface area contributed by atoms with Crippen LogP contribution in [0.4, 0.5) is 8.78 Å². The van der Waals surface area contributed by atoms with Crippen molar-refractivity contribution in [2.75, 3.05) is 6.61 Å². The summed E-state index contributed by atoms with van der Waals surface area (Å²) < 4.78 is 34.4. The quantitative estimate of drug-likeness (QED) is 0.424. The SMILES string of the molecule is CC[C@]1(CCOc2ncccc2C(N)=O)C[C@H](NC(=O)c2nc(C(F)F)n3cc(Br)ccc23)C1. The van der Waals surface area contributed by atoms with Gasteiger partial charge in [-0.3, -0.25) is 14.0 Å². The number of amides is 2. The van der Waals surface area contributed by atoms with Gasteiger partial charge in [0.25, 0.3) is 18.2 Å². The summed E-state index contributed by atoms with van der Waals surface area (Å²) in [5, 5.41) is 2.93. The van der Waals surface area contributed by atoms with E-state index < -0.39 is 24.1 Å². The van der Waals surface area contributed by atoms with Crippen molar-refractivity contribution in [3.8, 4) is 5.88 Å². The van der Waals surface area contributed by atoms with E-state index >= 15 is 0 Å². The van der Waals surface area contributed by atoms with Gasteiger partial charge in [-0.25, -0.2) is 18.7 Å². The van der Waals surface area contributed by atoms with Crippen molar-refractivity contribution < 1.29 is 23.1 Å². The van der Waals surface area contributed by atoms with E-state index in [1.165, 1.54) is 16.8 Å². The second kappa shape index (κ2) is 9.65. The number of rotatable bonds is 9. The molecule has 0 unspecified atom stereocenters. The molecule has 0 bridgehead atoms. The standard InChI is InChI=1S/C23H24BrF2N5O3/c1-2-23(7-9-34-22-15(19(27)32)4-3-8-28-22)10-14(11-23)29-21(33)17-16-6-5-13(24)12-31(16)20(30-17)18(25)26/h3-6,8,12,14,18H,2,7,9-11H2,1H3,(H2,27,32)(H,29,33)/t14-,23-. The van der Waals surface area contributed by atoms with E-state index in [2.05, 4.69) is 38.1 Å². The Bertz CT molecular complexity index is 1230. The molecule has 0 aromatic carbocycles. The number of halogens is 3. The maximum Gasteiger partial charge on any atom is 0.295 e. The van der Waals surface area contributed by atoms with Crippen molar-refractivity contribution in [3.05, 3.63) is 58.2 Å². The van der Waals surface area contributed by atoms with E-state index in [9.17, 15) is 18.4 Å². The molecular weight excluding hydrogens is 512 g/mol. The number of primary amides is 1. The third-order valence-electron chi connectivity index (χ3n) is 6.39. The maximum absolute atomic E-state index is 13.4. The molecular formula is C23H24BrF2N5O3. The highest BCUT2D eigenvalue weighted by Gasteiger charge is 2.43. The number of fused-ring (bicyclic) bond motifs is 1. The molecule has 34 heavy (non-hydrogen) atoms. The van der Waals surface area contributed by atoms with Crippen LogP contribution in [-0.2, 0) is 0 Å². The van der Waals surface area contributed by atoms with E-state index in [-0.39, 0.29) is 28.6 Å². The van der Waals surface area contributed by atoms with Crippen molar-refractivity contribution in [2.24, 2.45) is 11.1 Å². The fourth-order valence-electron chi connectivity index (χ4n) is 4.47. The Labute approximate surface area is 203 Å². The van der Waals surface area contributed by atoms with Gasteiger partial charge in [-0.15, -0.1) is 0 Å². The number of ether oxygens (including phenoxy) is 1. The van der Waals surface area contributed by atoms with Crippen molar-refractivity contribution >= 4 is 33.3 Å². The van der Waals surface area contributed by atoms with Crippen molar-refractivity contribution in [1.82, 2.24) is 19.7 Å². The molecule has 0 spiro atoms. The van der Waals surface area contributed by atoms with Gasteiger partial charge in [0.1, 0.15) is 5.56 Å². The first kappa shape index (κ1) is 24.1. The lowest BCUT2D eigenvalue weighted by Crippen LogP contribution is -2.51. The van der Waals surface area contributed by atoms with Gasteiger partial charge in [0.15, 0.2) is 11.5 Å². The number of hydrogen-bond donors (Lipinski definition) is 2. The van der Waals surface area contributed by atoms with Gasteiger partial charge >= 0.3 is 0 Å². The average molecular weight is 536 g/mol. The van der Waals surface area contributed by atoms with Gasteiger partial charge in [0.2, 0.25) is 5.88 Å². The predicted molar refractivity (Wildman–Crippen MR) is 124 cm³/mol. The molecule has 1 fully saturated rings. The van der Waals surface area contributed by atoms with Gasteiger partial charge in [-0.1, -0.05) is 13.3 Å². The number of nitrogens with one attached hydrogen (secondary N) is 1. The topological polar surface area (TPSA) is 112 Å². The number of nitrogens with two attached hydrogens (primary N) is 1. The molecule has 11 heteroatoms. The molecule has 3 aromatic heterocycles. The fraction of sp³-hybridized carbons (Fsp3) is 0.391. The van der Waals surface area contributed by atoms with Crippen molar-refractivity contribution in [3.63, 3.8) is 0 Å². The smallest absolute Gasteiger partial charge is 0.295 e. The van der Waals surface area contributed by atoms with E-state index in [4.69, 9.17) is 10.5 Å². The zero-order valence-electron chi connectivity index (χ0n) is 18.4. The molecule has 0 aliphatic heterocycles. The fourth-order valence-corrected chi connectivity index (χ4v) is 4.81. The summed E-state index contributed by atoms with van der Waals surface area (Å²) in [6.07, 6.45) is 3.23. The maximum atomic E-state index is 13.4. The predicted octanol–water partition coefficient (Wildman–Crippen LogP) is 4.29. The molecule has 3 N–H and O–H groups in total. The van der Waals surface area contributed by atoms with Crippen LogP contribution in [0, 0.1) is 5.41 Å². The minimum atomic E-state index is -2.81. The highest BCUT2D eigenvalue weighted by atomic mass is 79.9. The number of hydrogen-bond acceptors (Lipinski definition) is 5. The molecule has 1 saturated carbocycles. The molecule has 3 heterocycles. The van der Waals surface area contributed by atoms with Gasteiger partial charge in [0, 0.05) is 22.9 Å². The van der Waals surface area contributed by atoms with E-state index in [0.717, 1.165) is 19.3 Å². The normalized spacial score (nSPS) is 19.7. The lowest BCUT2D eigenvalue weighted by molar-refractivity contribution is 0.0449. The average Bonchev–Trinajstić information content (AvgIpc) is 3.16. The molecule has 180 valence electrons. The molecule has 4 rings (SSSR count). The lowest BCUT2D eigenvalue weighted by Gasteiger charge is -2.47. The summed E-state index contributed by atoms with van der Waals surface area (Å²) in [5.74, 6) is -1.34. The van der Waals surface area contributed by atoms with Gasteiger partial charge in [0.05, 0.1) is 12.1 Å². The van der Waals surface area contributed by atoms with Crippen LogP contribution >= 0.6 is 15.9 Å². The first-order valence-electron chi connectivity index (χ1n) is 10.9. The Kier molecular flexibility index (Phi) is 6.83. The lowest BCUT2D eigenvalue weighted by atomic mass is 9.62. The molecule has 0 radical (unpaired) electrons. The third-order valence-corrected chi connectivity index (χ3v) is 6.86. The van der Waals surface area contributed by atoms with E-state index in [0.29, 0.717) is 23.0 Å². The summed E-state index contributed by atoms with van der Waals surface area (Å²) in [6.45, 7) is 2.42. The van der Waals surface area contributed by atoms with E-state index in [1.807, 2.05) is 0 Å². The highest BCUT2D eigenvalue weighted by Crippen LogP contribution is 2.47. The van der Waals surface area contributed by atoms with Gasteiger partial charge in [-0.05, 0) is 64.9 Å². The summed E-state index contributed by atoms with van der Waals surface area (Å²) >= 11 is 3.26. The number of pyridine rings is 2. The number of carbonyl (C=O) groups is 2. The number of aromatic nitrogens is 3.